The van der Waals surface area contributed by atoms with Crippen molar-refractivity contribution in [2.75, 3.05) is 67.6 Å². The molecule has 6 rings (SSSR count). The zero-order valence-electron chi connectivity index (χ0n) is 66.2. The lowest BCUT2D eigenvalue weighted by Gasteiger charge is -2.29. The zero-order valence-corrected chi connectivity index (χ0v) is 71.3. The first kappa shape index (κ1) is 94.8. The number of methoxy groups -OCH3 is 3. The summed E-state index contributed by atoms with van der Waals surface area (Å²) in [4.78, 5) is 130. The Labute approximate surface area is 643 Å². The van der Waals surface area contributed by atoms with Crippen molar-refractivity contribution in [1.29, 1.82) is 0 Å². The summed E-state index contributed by atoms with van der Waals surface area (Å²) in [7, 11) is 8.18. The summed E-state index contributed by atoms with van der Waals surface area (Å²) in [5, 5.41) is 17.8. The lowest BCUT2D eigenvalue weighted by atomic mass is 9.97. The normalized spacial score (nSPS) is 29.0. The third-order valence-corrected chi connectivity index (χ3v) is 24.3. The van der Waals surface area contributed by atoms with Crippen LogP contribution in [0.1, 0.15) is 185 Å². The highest BCUT2D eigenvalue weighted by atomic mass is 32.2. The minimum atomic E-state index is -3.64. The predicted molar refractivity (Wildman–Crippen MR) is 422 cm³/mol. The molecule has 3 saturated heterocycles. The van der Waals surface area contributed by atoms with Gasteiger partial charge < -0.3 is 49.6 Å². The summed E-state index contributed by atoms with van der Waals surface area (Å²) in [6.07, 6.45) is 27.2. The van der Waals surface area contributed by atoms with Gasteiger partial charge >= 0.3 is 6.09 Å². The fraction of sp³-hybridized carbons (Fsp3) is 0.781. The molecule has 21 atom stereocenters. The number of alkyl carbamates (subject to hydrolysis) is 1. The van der Waals surface area contributed by atoms with Crippen LogP contribution in [0.25, 0.3) is 0 Å². The second kappa shape index (κ2) is 42.9. The van der Waals surface area contributed by atoms with E-state index in [1.807, 2.05) is 54.5 Å². The number of sulfonamides is 2. The van der Waals surface area contributed by atoms with Gasteiger partial charge in [-0.25, -0.2) is 21.6 Å². The molecule has 6 amide bonds. The molecule has 0 aromatic heterocycles. The maximum absolute atomic E-state index is 13.6. The van der Waals surface area contributed by atoms with E-state index in [2.05, 4.69) is 71.5 Å². The van der Waals surface area contributed by atoms with Gasteiger partial charge in [-0.1, -0.05) is 124 Å². The molecule has 610 valence electrons. The number of carbonyl (C=O) groups is 10. The van der Waals surface area contributed by atoms with Crippen molar-refractivity contribution in [3.63, 3.8) is 0 Å². The molecule has 3 heterocycles. The van der Waals surface area contributed by atoms with E-state index in [9.17, 15) is 64.8 Å². The number of allylic oxidation sites excluding steroid dienone is 3. The lowest BCUT2D eigenvalue weighted by Crippen LogP contribution is -2.52. The molecule has 0 spiro atoms. The number of likely N-dealkylation sites (N-methyl/N-ethyl adjacent to an activating group) is 2. The van der Waals surface area contributed by atoms with Crippen LogP contribution in [0.5, 0.6) is 0 Å². The first-order chi connectivity index (χ1) is 50.1. The van der Waals surface area contributed by atoms with Crippen molar-refractivity contribution in [3.05, 3.63) is 36.5 Å². The van der Waals surface area contributed by atoms with Gasteiger partial charge in [-0.3, -0.25) is 67.9 Å². The highest BCUT2D eigenvalue weighted by molar-refractivity contribution is 7.89. The van der Waals surface area contributed by atoms with Crippen LogP contribution in [0.3, 0.4) is 0 Å². The Bertz CT molecular complexity index is 3390. The van der Waals surface area contributed by atoms with Gasteiger partial charge in [-0.15, -0.1) is 0 Å². The summed E-state index contributed by atoms with van der Waals surface area (Å²) < 4.78 is 71.4. The molecule has 6 fully saturated rings. The molecule has 8 N–H and O–H groups in total. The summed E-state index contributed by atoms with van der Waals surface area (Å²) >= 11 is 0. The predicted octanol–water partition coefficient (Wildman–Crippen LogP) is 5.06. The van der Waals surface area contributed by atoms with Crippen LogP contribution in [-0.4, -0.2) is 235 Å². The second-order valence-electron chi connectivity index (χ2n) is 30.9. The molecule has 3 saturated carbocycles. The lowest BCUT2D eigenvalue weighted by molar-refractivity contribution is -0.139. The largest absolute Gasteiger partial charge is 0.444 e. The highest BCUT2D eigenvalue weighted by Gasteiger charge is 2.60. The van der Waals surface area contributed by atoms with Crippen molar-refractivity contribution >= 4 is 107 Å². The molecule has 6 unspecified atom stereocenters. The maximum atomic E-state index is 13.6. The Balaban J connectivity index is 0.000000343. The minimum absolute atomic E-state index is 0.00505. The summed E-state index contributed by atoms with van der Waals surface area (Å²) in [5.41, 5.74) is -2.94. The Kier molecular flexibility index (Phi) is 38.0. The number of hydrogen-bond donors (Lipinski definition) is 8. The standard InChI is InChI=1S/C27H47N4O8PS.C23H41N4O6PS.C23H40N3O4P/c1-17-21(38-6)16-31(22(17)18(2)32)23(33)20(28-25(35)39-26(3,4)5)14-12-10-8-9-11-13-19-15-27(19,30-40)24(34)29-41(7,36)37;1-15-19(33-4)14-27(20(15)16(2)28)21(29)18(24-3)12-10-8-6-7-9-11-17-13-23(17,26-34)22(30)25-35(5,31)32;1-15-20(30-5)14-26(21(15)16(2)27)22(29)19(24-4)12-10-8-6-7-9-11-18-13-23(18,25-31)17(3)28/h11,13,17,19-22,30H,8-10,12,14-16,40H2,1-7H3,(H,28,35)(H,29,34);9,11,15,17-20,24,26H,6-8,10,12-14,34H2,1-5H3,(H,25,30);9,11,15,18-21,24-25H,6-8,10,12-14,31H2,1-5H3/b13-11+;2*11-9+/t17?,19-,20+,21+,22+,27-;15?,17-,18+,19+,20+,23-;15?,18-,19+,20+,21+,23+/m111/s1. The van der Waals surface area contributed by atoms with Crippen LogP contribution in [0.4, 0.5) is 4.79 Å². The summed E-state index contributed by atoms with van der Waals surface area (Å²) in [5.74, 6) is -1.51. The molecular formula is C73H128N11O18P3S2. The van der Waals surface area contributed by atoms with Crippen LogP contribution >= 0.6 is 28.2 Å². The van der Waals surface area contributed by atoms with Crippen molar-refractivity contribution in [3.8, 4) is 0 Å². The fourth-order valence-corrected chi connectivity index (χ4v) is 17.7. The molecule has 29 nitrogen and oxygen atoms in total. The Morgan fingerprint density at radius 3 is 1.02 bits per heavy atom. The van der Waals surface area contributed by atoms with E-state index in [4.69, 9.17) is 18.9 Å². The van der Waals surface area contributed by atoms with E-state index in [1.165, 1.54) is 18.7 Å². The number of rotatable bonds is 41. The molecule has 0 aromatic rings. The SMILES string of the molecule is CN[C@@H](CCCCC/C=C/[C@@H]1C[C@]1(NP)C(=O)NS(C)(=O)=O)C(=O)N1C[C@H](OC)C(C)[C@H]1C(C)=O.CN[C@@H](CCCCC/C=C/[C@@H]1C[C@]1(NP)C(C)=O)C(=O)N1C[C@H](OC)C(C)[C@H]1C(C)=O.CO[C@H]1CN(C(=O)[C@H](CCCCC/C=C/[C@@H]2C[C@]2(NP)C(=O)NS(C)(=O)=O)NC(=O)OC(C)(C)C)[C@H](C(C)=O)C1C. The quantitative estimate of drug-likeness (QED) is 0.0225. The molecule has 3 aliphatic carbocycles. The number of amides is 6. The monoisotopic (exact) mass is 1600 g/mol. The van der Waals surface area contributed by atoms with Crippen LogP contribution in [-0.2, 0) is 82.1 Å². The molecule has 0 bridgehead atoms. The number of nitrogens with zero attached hydrogens (tertiary/aromatic N) is 3. The van der Waals surface area contributed by atoms with E-state index in [0.29, 0.717) is 51.1 Å². The van der Waals surface area contributed by atoms with E-state index in [0.717, 1.165) is 96.0 Å². The van der Waals surface area contributed by atoms with Gasteiger partial charge in [0.05, 0.1) is 66.6 Å². The van der Waals surface area contributed by atoms with Gasteiger partial charge in [-0.05, 0) is 140 Å². The van der Waals surface area contributed by atoms with E-state index >= 15 is 0 Å². The third kappa shape index (κ3) is 27.1. The molecule has 34 heteroatoms. The van der Waals surface area contributed by atoms with Crippen LogP contribution in [0.2, 0.25) is 0 Å². The van der Waals surface area contributed by atoms with Crippen molar-refractivity contribution in [1.82, 2.24) is 55.4 Å². The van der Waals surface area contributed by atoms with Crippen molar-refractivity contribution in [2.24, 2.45) is 35.5 Å². The number of nitrogens with one attached hydrogen (secondary N) is 8. The molecule has 0 radical (unpaired) electrons. The average Bonchev–Trinajstić information content (AvgIpc) is 1.60. The molecule has 6 aliphatic rings. The summed E-state index contributed by atoms with van der Waals surface area (Å²) in [6.45, 7) is 18.4. The smallest absolute Gasteiger partial charge is 0.408 e. The Morgan fingerprint density at radius 1 is 0.477 bits per heavy atom. The number of ether oxygens (including phenoxy) is 4. The Hall–Kier alpha value is -4.61. The van der Waals surface area contributed by atoms with Gasteiger partial charge in [0.25, 0.3) is 11.8 Å². The van der Waals surface area contributed by atoms with Crippen LogP contribution in [0.15, 0.2) is 36.5 Å². The topological polar surface area (TPSA) is 382 Å². The Morgan fingerprint density at radius 2 is 0.766 bits per heavy atom. The van der Waals surface area contributed by atoms with Crippen molar-refractivity contribution in [2.45, 2.75) is 262 Å². The first-order valence-corrected chi connectivity index (χ1v) is 43.0. The minimum Gasteiger partial charge on any atom is -0.444 e. The first-order valence-electron chi connectivity index (χ1n) is 37.4. The fourth-order valence-electron chi connectivity index (χ4n) is 15.2. The number of Topliss-reactive ketones (excluding diaryl/α,β-unsaturated/α-hetero) is 4. The second-order valence-corrected chi connectivity index (χ2v) is 35.2. The molecule has 3 aliphatic heterocycles. The molecule has 0 aromatic carbocycles. The molecule has 107 heavy (non-hydrogen) atoms. The van der Waals surface area contributed by atoms with Gasteiger partial charge in [-0.2, -0.15) is 0 Å². The number of hydrogen-bond acceptors (Lipinski definition) is 23. The van der Waals surface area contributed by atoms with Gasteiger partial charge in [0.2, 0.25) is 37.8 Å². The van der Waals surface area contributed by atoms with Crippen LogP contribution in [0, 0.1) is 35.5 Å². The number of unbranched alkanes of at least 4 members (excludes halogenated alkanes) is 9. The molecular weight excluding hydrogens is 1480 g/mol. The van der Waals surface area contributed by atoms with E-state index in [-0.39, 0.29) is 113 Å². The zero-order chi connectivity index (χ0) is 80.7. The summed E-state index contributed by atoms with van der Waals surface area (Å²) in [6, 6.07) is -2.94. The average molecular weight is 1600 g/mol. The maximum Gasteiger partial charge on any atom is 0.408 e. The number of ketones is 4. The van der Waals surface area contributed by atoms with Gasteiger partial charge in [0.1, 0.15) is 22.7 Å². The highest BCUT2D eigenvalue weighted by Crippen LogP contribution is 2.48. The van der Waals surface area contributed by atoms with Gasteiger partial charge in [0, 0.05) is 76.5 Å². The van der Waals surface area contributed by atoms with E-state index in [1.54, 1.807) is 79.8 Å². The number of likely N-dealkylation sites (tertiary alicyclic amines) is 3. The van der Waals surface area contributed by atoms with Crippen molar-refractivity contribution < 1.29 is 83.7 Å². The number of carbonyl (C=O) groups excluding carboxylic acids is 10. The van der Waals surface area contributed by atoms with Crippen LogP contribution < -0.4 is 40.7 Å². The van der Waals surface area contributed by atoms with Gasteiger partial charge in [0.15, 0.2) is 23.1 Å². The van der Waals surface area contributed by atoms with E-state index < -0.39 is 78.8 Å². The third-order valence-electron chi connectivity index (χ3n) is 21.7.